The largest absolute Gasteiger partial charge is 0.395 e. The van der Waals surface area contributed by atoms with E-state index in [9.17, 15) is 0 Å². The van der Waals surface area contributed by atoms with E-state index < -0.39 is 0 Å². The van der Waals surface area contributed by atoms with Gasteiger partial charge in [0, 0.05) is 23.9 Å². The normalized spacial score (nSPS) is 11.4. The second kappa shape index (κ2) is 10.7. The number of hydrogen-bond donors (Lipinski definition) is 2. The minimum Gasteiger partial charge on any atom is -0.395 e. The summed E-state index contributed by atoms with van der Waals surface area (Å²) in [4.78, 5) is 13.0. The third-order valence-electron chi connectivity index (χ3n) is 5.54. The molecular formula is C27H30Cl2N6. The number of para-hydroxylation sites is 2. The number of anilines is 2. The highest BCUT2D eigenvalue weighted by atomic mass is 35.5. The van der Waals surface area contributed by atoms with Gasteiger partial charge in [0.05, 0.1) is 34.3 Å². The van der Waals surface area contributed by atoms with Crippen molar-refractivity contribution in [3.8, 4) is 0 Å². The topological polar surface area (TPSA) is 81.6 Å². The summed E-state index contributed by atoms with van der Waals surface area (Å²) in [6.07, 6.45) is 1.85. The summed E-state index contributed by atoms with van der Waals surface area (Å²) in [6, 6.07) is 15.9. The molecule has 0 aliphatic heterocycles. The molecule has 35 heavy (non-hydrogen) atoms. The lowest BCUT2D eigenvalue weighted by Crippen LogP contribution is -2.10. The maximum Gasteiger partial charge on any atom is 0.157 e. The molecule has 3 N–H and O–H groups in total. The first-order valence-electron chi connectivity index (χ1n) is 11.7. The highest BCUT2D eigenvalue weighted by molar-refractivity contribution is 6.35. The molecule has 0 fully saturated rings. The van der Waals surface area contributed by atoms with E-state index in [1.54, 1.807) is 0 Å². The zero-order valence-corrected chi connectivity index (χ0v) is 21.9. The number of nitrogens with zero attached hydrogens (tertiary/aromatic N) is 4. The fourth-order valence-corrected chi connectivity index (χ4v) is 4.39. The summed E-state index contributed by atoms with van der Waals surface area (Å²) < 4.78 is 2.16. The van der Waals surface area contributed by atoms with Gasteiger partial charge >= 0.3 is 0 Å². The van der Waals surface area contributed by atoms with Gasteiger partial charge in [-0.05, 0) is 24.0 Å². The number of imidazole rings is 1. The highest BCUT2D eigenvalue weighted by Crippen LogP contribution is 2.33. The second-order valence-corrected chi connectivity index (χ2v) is 10.1. The number of rotatable bonds is 5. The quantitative estimate of drug-likeness (QED) is 0.241. The molecule has 0 aliphatic rings. The first-order valence-corrected chi connectivity index (χ1v) is 12.5. The van der Waals surface area contributed by atoms with E-state index in [1.807, 2.05) is 48.8 Å². The molecule has 2 aromatic carbocycles. The van der Waals surface area contributed by atoms with E-state index >= 15 is 0 Å². The van der Waals surface area contributed by atoms with Crippen LogP contribution in [0.1, 0.15) is 27.7 Å². The maximum absolute atomic E-state index is 6.20. The minimum atomic E-state index is 0.356. The molecule has 0 atom stereocenters. The van der Waals surface area contributed by atoms with Gasteiger partial charge in [0.15, 0.2) is 10.3 Å². The molecule has 0 bridgehead atoms. The number of pyridine rings is 2. The van der Waals surface area contributed by atoms with Crippen molar-refractivity contribution in [3.05, 3.63) is 65.2 Å². The van der Waals surface area contributed by atoms with Crippen molar-refractivity contribution in [2.45, 2.75) is 34.2 Å². The van der Waals surface area contributed by atoms with Crippen LogP contribution in [0.5, 0.6) is 0 Å². The van der Waals surface area contributed by atoms with Crippen molar-refractivity contribution in [3.63, 3.8) is 0 Å². The van der Waals surface area contributed by atoms with E-state index in [-0.39, 0.29) is 0 Å². The van der Waals surface area contributed by atoms with Gasteiger partial charge in [-0.2, -0.15) is 0 Å². The van der Waals surface area contributed by atoms with Gasteiger partial charge in [0.1, 0.15) is 5.52 Å². The molecule has 5 aromatic rings. The van der Waals surface area contributed by atoms with Crippen molar-refractivity contribution in [1.82, 2.24) is 19.5 Å². The zero-order valence-electron chi connectivity index (χ0n) is 20.4. The molecule has 0 amide bonds. The van der Waals surface area contributed by atoms with Crippen LogP contribution in [0.2, 0.25) is 10.3 Å². The molecule has 6 nitrogen and oxygen atoms in total. The Morgan fingerprint density at radius 3 is 2.11 bits per heavy atom. The van der Waals surface area contributed by atoms with E-state index in [4.69, 9.17) is 28.9 Å². The van der Waals surface area contributed by atoms with E-state index in [0.717, 1.165) is 51.6 Å². The number of hydrogen-bond acceptors (Lipinski definition) is 5. The Kier molecular flexibility index (Phi) is 7.63. The number of nitrogens with two attached hydrogens (primary N) is 1. The van der Waals surface area contributed by atoms with Gasteiger partial charge in [-0.25, -0.2) is 15.0 Å². The number of benzene rings is 2. The summed E-state index contributed by atoms with van der Waals surface area (Å²) in [5, 5.41) is 6.30. The van der Waals surface area contributed by atoms with Crippen LogP contribution in [-0.2, 0) is 6.54 Å². The number of nitrogens with one attached hydrogen (secondary N) is 1. The highest BCUT2D eigenvalue weighted by Gasteiger charge is 2.13. The summed E-state index contributed by atoms with van der Waals surface area (Å²) in [6.45, 7) is 10.5. The zero-order chi connectivity index (χ0) is 25.1. The molecule has 0 saturated heterocycles. The molecule has 5 rings (SSSR count). The SMILES string of the molecule is CC(C)CNc1c(N)c(Cl)nc2ccccc12.CC(C)Cn1cnc2c(Cl)nc3ccccc3c21. The fourth-order valence-electron chi connectivity index (χ4n) is 3.97. The predicted molar refractivity (Wildman–Crippen MR) is 149 cm³/mol. The van der Waals surface area contributed by atoms with Crippen LogP contribution in [0.3, 0.4) is 0 Å². The van der Waals surface area contributed by atoms with Gasteiger partial charge in [-0.3, -0.25) is 0 Å². The molecule has 0 aliphatic carbocycles. The van der Waals surface area contributed by atoms with Gasteiger partial charge < -0.3 is 15.6 Å². The number of aromatic nitrogens is 4. The smallest absolute Gasteiger partial charge is 0.157 e. The molecule has 0 saturated carbocycles. The van der Waals surface area contributed by atoms with Crippen LogP contribution in [-0.4, -0.2) is 26.1 Å². The van der Waals surface area contributed by atoms with Crippen molar-refractivity contribution < 1.29 is 0 Å². The Bertz CT molecular complexity index is 1480. The van der Waals surface area contributed by atoms with Gasteiger partial charge in [0.25, 0.3) is 0 Å². The molecule has 0 unspecified atom stereocenters. The molecule has 0 spiro atoms. The summed E-state index contributed by atoms with van der Waals surface area (Å²) in [7, 11) is 0. The second-order valence-electron chi connectivity index (χ2n) is 9.39. The summed E-state index contributed by atoms with van der Waals surface area (Å²) >= 11 is 12.2. The Morgan fingerprint density at radius 1 is 0.857 bits per heavy atom. The molecule has 8 heteroatoms. The average Bonchev–Trinajstić information content (AvgIpc) is 3.24. The van der Waals surface area contributed by atoms with Crippen LogP contribution in [0.25, 0.3) is 32.8 Å². The third-order valence-corrected chi connectivity index (χ3v) is 6.10. The Labute approximate surface area is 215 Å². The minimum absolute atomic E-state index is 0.356. The van der Waals surface area contributed by atoms with Crippen LogP contribution >= 0.6 is 23.2 Å². The number of nitrogen functional groups attached to an aromatic ring is 1. The molecule has 3 aromatic heterocycles. The van der Waals surface area contributed by atoms with Crippen molar-refractivity contribution in [1.29, 1.82) is 0 Å². The van der Waals surface area contributed by atoms with Crippen molar-refractivity contribution >= 4 is 67.4 Å². The van der Waals surface area contributed by atoms with Crippen LogP contribution < -0.4 is 11.1 Å². The number of halogens is 2. The van der Waals surface area contributed by atoms with E-state index in [0.29, 0.717) is 27.8 Å². The molecule has 3 heterocycles. The van der Waals surface area contributed by atoms with Crippen LogP contribution in [0.4, 0.5) is 11.4 Å². The van der Waals surface area contributed by atoms with Gasteiger partial charge in [-0.15, -0.1) is 0 Å². The van der Waals surface area contributed by atoms with Gasteiger partial charge in [0.2, 0.25) is 0 Å². The summed E-state index contributed by atoms with van der Waals surface area (Å²) in [5.41, 5.74) is 11.0. The lowest BCUT2D eigenvalue weighted by Gasteiger charge is -2.14. The first-order chi connectivity index (χ1) is 16.8. The summed E-state index contributed by atoms with van der Waals surface area (Å²) in [5.74, 6) is 1.10. The molecule has 0 radical (unpaired) electrons. The Hall–Kier alpha value is -3.09. The molecular weight excluding hydrogens is 479 g/mol. The Morgan fingerprint density at radius 2 is 1.46 bits per heavy atom. The van der Waals surface area contributed by atoms with E-state index in [2.05, 4.69) is 58.6 Å². The number of fused-ring (bicyclic) bond motifs is 4. The molecule has 182 valence electrons. The fraction of sp³-hybridized carbons (Fsp3) is 0.296. The standard InChI is InChI=1S/C14H14ClN3.C13H16ClN3/c1-9(2)7-18-8-16-12-13(18)10-5-3-4-6-11(10)17-14(12)15;1-8(2)7-16-12-9-5-3-4-6-10(9)17-13(14)11(12)15/h3-6,8-9H,7H2,1-2H3;3-6,8H,7,15H2,1-2H3,(H,16,17). The lowest BCUT2D eigenvalue weighted by molar-refractivity contribution is 0.533. The van der Waals surface area contributed by atoms with Crippen LogP contribution in [0.15, 0.2) is 54.9 Å². The van der Waals surface area contributed by atoms with Crippen LogP contribution in [0, 0.1) is 11.8 Å². The third kappa shape index (κ3) is 5.44. The first kappa shape index (κ1) is 25.0. The van der Waals surface area contributed by atoms with E-state index in [1.165, 1.54) is 0 Å². The maximum atomic E-state index is 6.20. The monoisotopic (exact) mass is 508 g/mol. The average molecular weight is 509 g/mol. The lowest BCUT2D eigenvalue weighted by atomic mass is 10.1. The Balaban J connectivity index is 0.000000165. The predicted octanol–water partition coefficient (Wildman–Crippen LogP) is 7.43. The van der Waals surface area contributed by atoms with Gasteiger partial charge in [-0.1, -0.05) is 87.3 Å². The van der Waals surface area contributed by atoms with Crippen molar-refractivity contribution in [2.75, 3.05) is 17.6 Å². The van der Waals surface area contributed by atoms with Crippen molar-refractivity contribution in [2.24, 2.45) is 11.8 Å².